The van der Waals surface area contributed by atoms with Gasteiger partial charge in [-0.1, -0.05) is 36.7 Å². The van der Waals surface area contributed by atoms with E-state index in [1.165, 1.54) is 23.5 Å². The Morgan fingerprint density at radius 1 is 1.31 bits per heavy atom. The molecule has 0 aromatic heterocycles. The maximum absolute atomic E-state index is 6.14. The first-order valence-corrected chi connectivity index (χ1v) is 7.71. The maximum Gasteiger partial charge on any atom is 0.0438 e. The lowest BCUT2D eigenvalue weighted by Crippen LogP contribution is -2.08. The second-order valence-corrected chi connectivity index (χ2v) is 5.91. The van der Waals surface area contributed by atoms with Crippen molar-refractivity contribution in [1.29, 1.82) is 0 Å². The molecule has 0 aliphatic heterocycles. The third-order valence-corrected chi connectivity index (χ3v) is 4.30. The first-order chi connectivity index (χ1) is 7.77. The van der Waals surface area contributed by atoms with Gasteiger partial charge in [0.05, 0.1) is 0 Å². The van der Waals surface area contributed by atoms with Crippen molar-refractivity contribution in [2.75, 3.05) is 17.4 Å². The van der Waals surface area contributed by atoms with Crippen LogP contribution in [0, 0.1) is 5.92 Å². The topological polar surface area (TPSA) is 0 Å². The van der Waals surface area contributed by atoms with Crippen LogP contribution in [-0.2, 0) is 6.42 Å². The first kappa shape index (κ1) is 14.2. The average Bonchev–Trinajstić information content (AvgIpc) is 2.30. The van der Waals surface area contributed by atoms with Gasteiger partial charge in [-0.05, 0) is 41.9 Å². The Labute approximate surface area is 113 Å². The second kappa shape index (κ2) is 8.27. The van der Waals surface area contributed by atoms with E-state index >= 15 is 0 Å². The van der Waals surface area contributed by atoms with Crippen LogP contribution >= 0.6 is 35.0 Å². The maximum atomic E-state index is 6.14. The average molecular weight is 277 g/mol. The van der Waals surface area contributed by atoms with Gasteiger partial charge < -0.3 is 0 Å². The zero-order valence-corrected chi connectivity index (χ0v) is 11.9. The Morgan fingerprint density at radius 3 is 2.69 bits per heavy atom. The van der Waals surface area contributed by atoms with Crippen molar-refractivity contribution < 1.29 is 0 Å². The molecule has 90 valence electrons. The summed E-state index contributed by atoms with van der Waals surface area (Å²) in [5.41, 5.74) is 1.22. The normalized spacial score (nSPS) is 12.7. The van der Waals surface area contributed by atoms with E-state index in [9.17, 15) is 0 Å². The van der Waals surface area contributed by atoms with Crippen LogP contribution in [0.5, 0.6) is 0 Å². The number of hydrogen-bond donors (Lipinski definition) is 0. The Balaban J connectivity index is 2.46. The zero-order chi connectivity index (χ0) is 11.8. The summed E-state index contributed by atoms with van der Waals surface area (Å²) in [5.74, 6) is 3.63. The van der Waals surface area contributed by atoms with E-state index in [1.54, 1.807) is 0 Å². The molecule has 0 radical (unpaired) electrons. The van der Waals surface area contributed by atoms with E-state index in [4.69, 9.17) is 23.2 Å². The summed E-state index contributed by atoms with van der Waals surface area (Å²) in [7, 11) is 0. The van der Waals surface area contributed by atoms with E-state index < -0.39 is 0 Å². The van der Waals surface area contributed by atoms with Crippen molar-refractivity contribution in [3.8, 4) is 0 Å². The van der Waals surface area contributed by atoms with Gasteiger partial charge in [-0.2, -0.15) is 11.8 Å². The van der Waals surface area contributed by atoms with Crippen molar-refractivity contribution in [1.82, 2.24) is 0 Å². The minimum Gasteiger partial charge on any atom is -0.162 e. The molecule has 1 aromatic carbocycles. The van der Waals surface area contributed by atoms with Gasteiger partial charge in [0.25, 0.3) is 0 Å². The molecule has 0 aliphatic rings. The van der Waals surface area contributed by atoms with E-state index in [0.29, 0.717) is 5.92 Å². The smallest absolute Gasteiger partial charge is 0.0438 e. The summed E-state index contributed by atoms with van der Waals surface area (Å²) in [4.78, 5) is 0. The highest BCUT2D eigenvalue weighted by Crippen LogP contribution is 2.22. The summed E-state index contributed by atoms with van der Waals surface area (Å²) in [5, 5.41) is 0.862. The van der Waals surface area contributed by atoms with E-state index in [-0.39, 0.29) is 0 Å². The second-order valence-electron chi connectivity index (χ2n) is 3.80. The molecular weight excluding hydrogens is 259 g/mol. The third kappa shape index (κ3) is 4.99. The molecule has 1 unspecified atom stereocenters. The lowest BCUT2D eigenvalue weighted by molar-refractivity contribution is 0.572. The highest BCUT2D eigenvalue weighted by atomic mass is 35.5. The largest absolute Gasteiger partial charge is 0.162 e. The molecule has 1 atom stereocenters. The van der Waals surface area contributed by atoms with Crippen molar-refractivity contribution in [2.24, 2.45) is 5.92 Å². The molecule has 0 bridgehead atoms. The summed E-state index contributed by atoms with van der Waals surface area (Å²) in [6.07, 6.45) is 2.17. The molecule has 0 fully saturated rings. The first-order valence-electron chi connectivity index (χ1n) is 5.65. The van der Waals surface area contributed by atoms with Crippen molar-refractivity contribution in [3.63, 3.8) is 0 Å². The van der Waals surface area contributed by atoms with E-state index in [2.05, 4.69) is 13.0 Å². The van der Waals surface area contributed by atoms with Gasteiger partial charge in [0, 0.05) is 10.9 Å². The molecule has 1 aromatic rings. The Bertz CT molecular complexity index is 302. The molecular formula is C13H18Cl2S. The minimum atomic E-state index is 0.542. The minimum absolute atomic E-state index is 0.542. The number of halogens is 2. The van der Waals surface area contributed by atoms with Crippen LogP contribution in [0.15, 0.2) is 24.3 Å². The number of rotatable bonds is 7. The number of hydrogen-bond acceptors (Lipinski definition) is 1. The fraction of sp³-hybridized carbons (Fsp3) is 0.538. The standard InChI is InChI=1S/C13H18Cl2S/c1-2-16-8-7-11(10-14)9-12-5-3-4-6-13(12)15/h3-6,11H,2,7-10H2,1H3. The summed E-state index contributed by atoms with van der Waals surface area (Å²) in [6, 6.07) is 8.04. The van der Waals surface area contributed by atoms with Gasteiger partial charge in [0.1, 0.15) is 0 Å². The van der Waals surface area contributed by atoms with E-state index in [0.717, 1.165) is 17.3 Å². The summed E-state index contributed by atoms with van der Waals surface area (Å²) in [6.45, 7) is 2.19. The van der Waals surface area contributed by atoms with Crippen LogP contribution in [0.25, 0.3) is 0 Å². The fourth-order valence-electron chi connectivity index (χ4n) is 1.60. The van der Waals surface area contributed by atoms with E-state index in [1.807, 2.05) is 30.0 Å². The van der Waals surface area contributed by atoms with Crippen molar-refractivity contribution in [3.05, 3.63) is 34.9 Å². The summed E-state index contributed by atoms with van der Waals surface area (Å²) < 4.78 is 0. The van der Waals surface area contributed by atoms with Gasteiger partial charge in [-0.15, -0.1) is 11.6 Å². The SMILES string of the molecule is CCSCCC(CCl)Cc1ccccc1Cl. The molecule has 0 nitrogen and oxygen atoms in total. The quantitative estimate of drug-likeness (QED) is 0.505. The van der Waals surface area contributed by atoms with Crippen LogP contribution in [0.4, 0.5) is 0 Å². The van der Waals surface area contributed by atoms with Gasteiger partial charge in [0.15, 0.2) is 0 Å². The fourth-order valence-corrected chi connectivity index (χ4v) is 2.87. The Hall–Kier alpha value is 0.150. The Kier molecular flexibility index (Phi) is 7.35. The number of alkyl halides is 1. The van der Waals surface area contributed by atoms with Crippen LogP contribution in [-0.4, -0.2) is 17.4 Å². The van der Waals surface area contributed by atoms with Crippen LogP contribution < -0.4 is 0 Å². The van der Waals surface area contributed by atoms with Crippen LogP contribution in [0.3, 0.4) is 0 Å². The molecule has 16 heavy (non-hydrogen) atoms. The predicted octanol–water partition coefficient (Wildman–Crippen LogP) is 4.88. The highest BCUT2D eigenvalue weighted by molar-refractivity contribution is 7.99. The van der Waals surface area contributed by atoms with Crippen molar-refractivity contribution in [2.45, 2.75) is 19.8 Å². The van der Waals surface area contributed by atoms with Gasteiger partial charge in [0.2, 0.25) is 0 Å². The molecule has 0 saturated carbocycles. The molecule has 0 N–H and O–H groups in total. The zero-order valence-electron chi connectivity index (χ0n) is 9.59. The molecule has 3 heteroatoms. The molecule has 0 saturated heterocycles. The monoisotopic (exact) mass is 276 g/mol. The molecule has 1 rings (SSSR count). The van der Waals surface area contributed by atoms with Gasteiger partial charge >= 0.3 is 0 Å². The third-order valence-electron chi connectivity index (χ3n) is 2.56. The molecule has 0 spiro atoms. The predicted molar refractivity (Wildman–Crippen MR) is 77.0 cm³/mol. The van der Waals surface area contributed by atoms with Crippen LogP contribution in [0.2, 0.25) is 5.02 Å². The lowest BCUT2D eigenvalue weighted by atomic mass is 9.99. The number of thioether (sulfide) groups is 1. The highest BCUT2D eigenvalue weighted by Gasteiger charge is 2.10. The molecule has 0 aliphatic carbocycles. The van der Waals surface area contributed by atoms with Crippen molar-refractivity contribution >= 4 is 35.0 Å². The molecule has 0 amide bonds. The Morgan fingerprint density at radius 2 is 2.06 bits per heavy atom. The summed E-state index contributed by atoms with van der Waals surface area (Å²) >= 11 is 14.1. The lowest BCUT2D eigenvalue weighted by Gasteiger charge is -2.14. The van der Waals surface area contributed by atoms with Gasteiger partial charge in [-0.3, -0.25) is 0 Å². The van der Waals surface area contributed by atoms with Crippen LogP contribution in [0.1, 0.15) is 18.9 Å². The molecule has 0 heterocycles. The number of benzene rings is 1. The van der Waals surface area contributed by atoms with Gasteiger partial charge in [-0.25, -0.2) is 0 Å².